The molecule has 0 heterocycles. The molecule has 3 N–H and O–H groups in total. The van der Waals surface area contributed by atoms with Crippen molar-refractivity contribution in [2.75, 3.05) is 17.7 Å². The van der Waals surface area contributed by atoms with E-state index in [1.165, 1.54) is 12.1 Å². The lowest BCUT2D eigenvalue weighted by Crippen LogP contribution is -1.99. The summed E-state index contributed by atoms with van der Waals surface area (Å²) in [5.74, 6) is 0.470. The topological polar surface area (TPSA) is 90.4 Å². The number of nitro benzene ring substituents is 1. The maximum Gasteiger partial charge on any atom is 0.275 e. The van der Waals surface area contributed by atoms with E-state index in [0.29, 0.717) is 23.7 Å². The molecule has 21 heavy (non-hydrogen) atoms. The van der Waals surface area contributed by atoms with Gasteiger partial charge in [-0.15, -0.1) is 0 Å². The van der Waals surface area contributed by atoms with E-state index in [-0.39, 0.29) is 5.69 Å². The second kappa shape index (κ2) is 6.60. The van der Waals surface area contributed by atoms with Gasteiger partial charge in [0.25, 0.3) is 5.69 Å². The number of anilines is 3. The third-order valence-electron chi connectivity index (χ3n) is 2.75. The molecule has 6 heteroatoms. The van der Waals surface area contributed by atoms with Crippen molar-refractivity contribution in [3.8, 4) is 5.75 Å². The monoisotopic (exact) mass is 287 g/mol. The third kappa shape index (κ3) is 4.10. The largest absolute Gasteiger partial charge is 0.493 e. The molecule has 0 aromatic heterocycles. The van der Waals surface area contributed by atoms with Gasteiger partial charge in [0.15, 0.2) is 0 Å². The number of nitrogen functional groups attached to an aromatic ring is 1. The van der Waals surface area contributed by atoms with Crippen LogP contribution in [0.5, 0.6) is 5.75 Å². The lowest BCUT2D eigenvalue weighted by atomic mass is 10.2. The van der Waals surface area contributed by atoms with Crippen LogP contribution in [0.25, 0.3) is 0 Å². The molecule has 0 atom stereocenters. The van der Waals surface area contributed by atoms with Crippen molar-refractivity contribution in [1.29, 1.82) is 0 Å². The number of nitro groups is 1. The number of benzene rings is 2. The summed E-state index contributed by atoms with van der Waals surface area (Å²) in [5, 5.41) is 14.1. The third-order valence-corrected chi connectivity index (χ3v) is 2.75. The fourth-order valence-electron chi connectivity index (χ4n) is 1.85. The fraction of sp³-hybridized carbons (Fsp3) is 0.200. The molecule has 0 fully saturated rings. The minimum absolute atomic E-state index is 0.0185. The van der Waals surface area contributed by atoms with Gasteiger partial charge in [-0.2, -0.15) is 0 Å². The van der Waals surface area contributed by atoms with Gasteiger partial charge in [-0.1, -0.05) is 13.0 Å². The van der Waals surface area contributed by atoms with E-state index < -0.39 is 4.92 Å². The summed E-state index contributed by atoms with van der Waals surface area (Å²) in [6.45, 7) is 2.49. The van der Waals surface area contributed by atoms with Crippen molar-refractivity contribution in [2.45, 2.75) is 13.3 Å². The zero-order chi connectivity index (χ0) is 15.2. The first-order chi connectivity index (χ1) is 10.1. The second-order valence-electron chi connectivity index (χ2n) is 4.57. The van der Waals surface area contributed by atoms with Gasteiger partial charge in [0.05, 0.1) is 17.6 Å². The SMILES string of the molecule is CCCOc1cc(Nc2cccc(N)c2)cc([N+](=O)[O-])c1. The normalized spacial score (nSPS) is 10.1. The van der Waals surface area contributed by atoms with E-state index in [1.54, 1.807) is 18.2 Å². The van der Waals surface area contributed by atoms with Crippen molar-refractivity contribution in [3.63, 3.8) is 0 Å². The van der Waals surface area contributed by atoms with Crippen LogP contribution < -0.4 is 15.8 Å². The van der Waals surface area contributed by atoms with E-state index in [4.69, 9.17) is 10.5 Å². The first-order valence-corrected chi connectivity index (χ1v) is 6.63. The minimum atomic E-state index is -0.441. The molecule has 6 nitrogen and oxygen atoms in total. The van der Waals surface area contributed by atoms with E-state index >= 15 is 0 Å². The zero-order valence-electron chi connectivity index (χ0n) is 11.7. The number of nitrogens with two attached hydrogens (primary N) is 1. The predicted molar refractivity (Wildman–Crippen MR) is 83.0 cm³/mol. The van der Waals surface area contributed by atoms with Crippen molar-refractivity contribution >= 4 is 22.7 Å². The molecule has 0 aliphatic rings. The van der Waals surface area contributed by atoms with Gasteiger partial charge < -0.3 is 15.8 Å². The average Bonchev–Trinajstić information content (AvgIpc) is 2.45. The average molecular weight is 287 g/mol. The highest BCUT2D eigenvalue weighted by atomic mass is 16.6. The van der Waals surface area contributed by atoms with Crippen LogP contribution >= 0.6 is 0 Å². The van der Waals surface area contributed by atoms with Gasteiger partial charge in [-0.3, -0.25) is 10.1 Å². The molecule has 0 aliphatic carbocycles. The Morgan fingerprint density at radius 1 is 1.24 bits per heavy atom. The number of hydrogen-bond donors (Lipinski definition) is 2. The highest BCUT2D eigenvalue weighted by Crippen LogP contribution is 2.28. The summed E-state index contributed by atoms with van der Waals surface area (Å²) >= 11 is 0. The summed E-state index contributed by atoms with van der Waals surface area (Å²) in [4.78, 5) is 10.5. The number of rotatable bonds is 6. The standard InChI is InChI=1S/C15H17N3O3/c1-2-6-21-15-9-13(8-14(10-15)18(19)20)17-12-5-3-4-11(16)7-12/h3-5,7-10,17H,2,6,16H2,1H3. The van der Waals surface area contributed by atoms with Crippen LogP contribution in [0.2, 0.25) is 0 Å². The lowest BCUT2D eigenvalue weighted by Gasteiger charge is -2.10. The van der Waals surface area contributed by atoms with Crippen LogP contribution in [0.3, 0.4) is 0 Å². The number of non-ortho nitro benzene ring substituents is 1. The van der Waals surface area contributed by atoms with Crippen LogP contribution in [0.4, 0.5) is 22.7 Å². The first-order valence-electron chi connectivity index (χ1n) is 6.63. The number of nitrogens with zero attached hydrogens (tertiary/aromatic N) is 1. The van der Waals surface area contributed by atoms with Gasteiger partial charge in [0, 0.05) is 29.2 Å². The van der Waals surface area contributed by atoms with Crippen LogP contribution in [-0.2, 0) is 0 Å². The molecule has 0 saturated heterocycles. The van der Waals surface area contributed by atoms with Crippen molar-refractivity contribution in [2.24, 2.45) is 0 Å². The Balaban J connectivity index is 2.28. The van der Waals surface area contributed by atoms with E-state index in [9.17, 15) is 10.1 Å². The van der Waals surface area contributed by atoms with Crippen molar-refractivity contribution in [1.82, 2.24) is 0 Å². The maximum absolute atomic E-state index is 11.0. The Bertz CT molecular complexity index is 644. The minimum Gasteiger partial charge on any atom is -0.493 e. The lowest BCUT2D eigenvalue weighted by molar-refractivity contribution is -0.384. The predicted octanol–water partition coefficient (Wildman–Crippen LogP) is 3.71. The number of ether oxygens (including phenoxy) is 1. The fourth-order valence-corrected chi connectivity index (χ4v) is 1.85. The molecular weight excluding hydrogens is 270 g/mol. The molecule has 0 spiro atoms. The Hall–Kier alpha value is -2.76. The van der Waals surface area contributed by atoms with Gasteiger partial charge in [-0.05, 0) is 24.6 Å². The van der Waals surface area contributed by atoms with Gasteiger partial charge in [-0.25, -0.2) is 0 Å². The number of nitrogens with one attached hydrogen (secondary N) is 1. The molecule has 0 radical (unpaired) electrons. The Morgan fingerprint density at radius 2 is 2.05 bits per heavy atom. The van der Waals surface area contributed by atoms with E-state index in [2.05, 4.69) is 5.32 Å². The second-order valence-corrected chi connectivity index (χ2v) is 4.57. The molecule has 0 amide bonds. The number of hydrogen-bond acceptors (Lipinski definition) is 5. The smallest absolute Gasteiger partial charge is 0.275 e. The first kappa shape index (κ1) is 14.6. The van der Waals surface area contributed by atoms with Crippen LogP contribution in [0.15, 0.2) is 42.5 Å². The molecular formula is C15H17N3O3. The molecule has 110 valence electrons. The Kier molecular flexibility index (Phi) is 4.61. The highest BCUT2D eigenvalue weighted by Gasteiger charge is 2.11. The van der Waals surface area contributed by atoms with Crippen LogP contribution in [-0.4, -0.2) is 11.5 Å². The Labute approximate surface area is 122 Å². The van der Waals surface area contributed by atoms with Gasteiger partial charge in [0.2, 0.25) is 0 Å². The summed E-state index contributed by atoms with van der Waals surface area (Å²) in [7, 11) is 0. The summed E-state index contributed by atoms with van der Waals surface area (Å²) in [5.41, 5.74) is 7.66. The quantitative estimate of drug-likeness (QED) is 0.480. The van der Waals surface area contributed by atoms with Gasteiger partial charge in [0.1, 0.15) is 5.75 Å². The molecule has 0 bridgehead atoms. The zero-order valence-corrected chi connectivity index (χ0v) is 11.7. The van der Waals surface area contributed by atoms with Crippen molar-refractivity contribution in [3.05, 3.63) is 52.6 Å². The molecule has 2 aromatic rings. The molecule has 0 aliphatic heterocycles. The maximum atomic E-state index is 11.0. The Morgan fingerprint density at radius 3 is 2.71 bits per heavy atom. The summed E-state index contributed by atoms with van der Waals surface area (Å²) < 4.78 is 5.48. The molecule has 0 saturated carbocycles. The molecule has 0 unspecified atom stereocenters. The van der Waals surface area contributed by atoms with E-state index in [1.807, 2.05) is 19.1 Å². The summed E-state index contributed by atoms with van der Waals surface area (Å²) in [6.07, 6.45) is 0.834. The van der Waals surface area contributed by atoms with Crippen molar-refractivity contribution < 1.29 is 9.66 Å². The highest BCUT2D eigenvalue weighted by molar-refractivity contribution is 5.67. The van der Waals surface area contributed by atoms with Crippen LogP contribution in [0.1, 0.15) is 13.3 Å². The molecule has 2 aromatic carbocycles. The molecule has 2 rings (SSSR count). The van der Waals surface area contributed by atoms with Gasteiger partial charge >= 0.3 is 0 Å². The van der Waals surface area contributed by atoms with Crippen LogP contribution in [0, 0.1) is 10.1 Å². The summed E-state index contributed by atoms with van der Waals surface area (Å²) in [6, 6.07) is 11.8. The van der Waals surface area contributed by atoms with E-state index in [0.717, 1.165) is 12.1 Å².